The zero-order chi connectivity index (χ0) is 24.2. The molecule has 0 aromatic carbocycles. The quantitative estimate of drug-likeness (QED) is 0.491. The second-order valence-electron chi connectivity index (χ2n) is 15.0. The highest BCUT2D eigenvalue weighted by Crippen LogP contribution is 2.88. The Morgan fingerprint density at radius 1 is 0.909 bits per heavy atom. The van der Waals surface area contributed by atoms with Crippen LogP contribution in [0.3, 0.4) is 0 Å². The van der Waals surface area contributed by atoms with E-state index in [4.69, 9.17) is 0 Å². The Hall–Kier alpha value is -0.410. The SMILES string of the molecule is C[C@H](CC[C@@H](O)C(C)(C)O)[C@H]1CC[C@@]2(C)[C@@H]3CC[C@H]4C(C)(C)C(=O)CC[C@@]45C[C@@]35CC[C@]12C. The lowest BCUT2D eigenvalue weighted by molar-refractivity contribution is -0.157. The largest absolute Gasteiger partial charge is 0.390 e. The van der Waals surface area contributed by atoms with E-state index in [1.54, 1.807) is 13.8 Å². The average molecular weight is 459 g/mol. The Morgan fingerprint density at radius 3 is 2.21 bits per heavy atom. The van der Waals surface area contributed by atoms with Crippen LogP contribution in [0.25, 0.3) is 0 Å². The molecule has 5 rings (SSSR count). The number of rotatable bonds is 5. The van der Waals surface area contributed by atoms with Crippen molar-refractivity contribution in [2.45, 2.75) is 131 Å². The van der Waals surface area contributed by atoms with Crippen molar-refractivity contribution in [3.63, 3.8) is 0 Å². The summed E-state index contributed by atoms with van der Waals surface area (Å²) in [6.07, 6.45) is 12.4. The summed E-state index contributed by atoms with van der Waals surface area (Å²) >= 11 is 0. The fourth-order valence-corrected chi connectivity index (χ4v) is 11.1. The minimum absolute atomic E-state index is 0.123. The molecule has 0 bridgehead atoms. The lowest BCUT2D eigenvalue weighted by atomic mass is 9.42. The van der Waals surface area contributed by atoms with Gasteiger partial charge in [0.15, 0.2) is 0 Å². The number of carbonyl (C=O) groups excluding carboxylic acids is 1. The van der Waals surface area contributed by atoms with Gasteiger partial charge in [-0.15, -0.1) is 0 Å². The molecule has 0 amide bonds. The Labute approximate surface area is 202 Å². The lowest BCUT2D eigenvalue weighted by Gasteiger charge is -2.62. The van der Waals surface area contributed by atoms with Crippen molar-refractivity contribution in [3.05, 3.63) is 0 Å². The molecule has 0 unspecified atom stereocenters. The molecule has 5 saturated carbocycles. The minimum atomic E-state index is -1.01. The molecular weight excluding hydrogens is 408 g/mol. The predicted octanol–water partition coefficient (Wildman–Crippen LogP) is 6.54. The molecule has 0 aliphatic heterocycles. The number of aliphatic hydroxyl groups excluding tert-OH is 1. The van der Waals surface area contributed by atoms with Gasteiger partial charge in [-0.05, 0) is 123 Å². The third-order valence-corrected chi connectivity index (χ3v) is 13.3. The highest BCUT2D eigenvalue weighted by molar-refractivity contribution is 5.86. The summed E-state index contributed by atoms with van der Waals surface area (Å²) in [5.41, 5.74) is 0.606. The van der Waals surface area contributed by atoms with Gasteiger partial charge in [0.05, 0.1) is 11.7 Å². The van der Waals surface area contributed by atoms with Crippen LogP contribution in [0, 0.1) is 50.7 Å². The van der Waals surface area contributed by atoms with E-state index < -0.39 is 11.7 Å². The molecule has 0 aromatic rings. The van der Waals surface area contributed by atoms with Gasteiger partial charge >= 0.3 is 0 Å². The van der Waals surface area contributed by atoms with Crippen molar-refractivity contribution in [2.24, 2.45) is 50.7 Å². The number of ketones is 1. The maximum atomic E-state index is 12.8. The van der Waals surface area contributed by atoms with Gasteiger partial charge in [0.25, 0.3) is 0 Å². The van der Waals surface area contributed by atoms with Crippen LogP contribution in [0.4, 0.5) is 0 Å². The van der Waals surface area contributed by atoms with Crippen LogP contribution in [0.2, 0.25) is 0 Å². The fraction of sp³-hybridized carbons (Fsp3) is 0.967. The molecule has 0 aromatic heterocycles. The van der Waals surface area contributed by atoms with Crippen LogP contribution < -0.4 is 0 Å². The second kappa shape index (κ2) is 7.09. The predicted molar refractivity (Wildman–Crippen MR) is 133 cm³/mol. The maximum Gasteiger partial charge on any atom is 0.138 e. The standard InChI is InChI=1S/C30H50O3/c1-19(8-11-24(32)26(4,5)33)20-12-14-28(7)22-10-9-21-25(2,3)23(31)13-15-29(21)18-30(22,29)17-16-27(20,28)6/h19-22,24,32-33H,8-18H2,1-7H3/t19-,20-,21+,22+,24-,27-,28+,29-,30+/m1/s1. The molecule has 0 saturated heterocycles. The van der Waals surface area contributed by atoms with Crippen molar-refractivity contribution in [3.8, 4) is 0 Å². The van der Waals surface area contributed by atoms with E-state index in [1.807, 2.05) is 0 Å². The Morgan fingerprint density at radius 2 is 1.55 bits per heavy atom. The molecule has 2 N–H and O–H groups in total. The van der Waals surface area contributed by atoms with E-state index in [0.29, 0.717) is 51.6 Å². The number of hydrogen-bond acceptors (Lipinski definition) is 3. The molecule has 5 aliphatic carbocycles. The van der Waals surface area contributed by atoms with Crippen LogP contribution in [0.1, 0.15) is 119 Å². The van der Waals surface area contributed by atoms with Gasteiger partial charge in [-0.3, -0.25) is 4.79 Å². The van der Waals surface area contributed by atoms with Crippen LogP contribution in [-0.4, -0.2) is 27.7 Å². The summed E-state index contributed by atoms with van der Waals surface area (Å²) in [6.45, 7) is 15.7. The maximum absolute atomic E-state index is 12.8. The number of Topliss-reactive ketones (excluding diaryl/α,β-unsaturated/α-hetero) is 1. The van der Waals surface area contributed by atoms with E-state index in [0.717, 1.165) is 25.2 Å². The molecule has 3 nitrogen and oxygen atoms in total. The first kappa shape index (κ1) is 24.3. The summed E-state index contributed by atoms with van der Waals surface area (Å²) in [6, 6.07) is 0. The van der Waals surface area contributed by atoms with Gasteiger partial charge in [-0.1, -0.05) is 34.6 Å². The van der Waals surface area contributed by atoms with Crippen molar-refractivity contribution in [1.82, 2.24) is 0 Å². The second-order valence-corrected chi connectivity index (χ2v) is 15.0. The van der Waals surface area contributed by atoms with E-state index >= 15 is 0 Å². The Bertz CT molecular complexity index is 825. The molecule has 0 heterocycles. The highest BCUT2D eigenvalue weighted by atomic mass is 16.3. The van der Waals surface area contributed by atoms with Gasteiger partial charge in [0.2, 0.25) is 0 Å². The van der Waals surface area contributed by atoms with Crippen LogP contribution in [0.15, 0.2) is 0 Å². The third-order valence-electron chi connectivity index (χ3n) is 13.3. The molecule has 3 heteroatoms. The number of hydrogen-bond donors (Lipinski definition) is 2. The molecule has 188 valence electrons. The van der Waals surface area contributed by atoms with E-state index in [-0.39, 0.29) is 5.41 Å². The highest BCUT2D eigenvalue weighted by Gasteiger charge is 2.82. The van der Waals surface area contributed by atoms with E-state index in [1.165, 1.54) is 44.9 Å². The lowest BCUT2D eigenvalue weighted by Crippen LogP contribution is -2.57. The summed E-state index contributed by atoms with van der Waals surface area (Å²) in [4.78, 5) is 12.8. The Balaban J connectivity index is 1.37. The van der Waals surface area contributed by atoms with Gasteiger partial charge in [-0.2, -0.15) is 0 Å². The van der Waals surface area contributed by atoms with E-state index in [9.17, 15) is 15.0 Å². The first-order chi connectivity index (χ1) is 15.2. The van der Waals surface area contributed by atoms with Gasteiger partial charge in [-0.25, -0.2) is 0 Å². The van der Waals surface area contributed by atoms with Crippen LogP contribution in [0.5, 0.6) is 0 Å². The topological polar surface area (TPSA) is 57.5 Å². The van der Waals surface area contributed by atoms with Crippen molar-refractivity contribution in [2.75, 3.05) is 0 Å². The molecule has 33 heavy (non-hydrogen) atoms. The van der Waals surface area contributed by atoms with Gasteiger partial charge in [0, 0.05) is 11.8 Å². The summed E-state index contributed by atoms with van der Waals surface area (Å²) in [7, 11) is 0. The first-order valence-corrected chi connectivity index (χ1v) is 14.1. The van der Waals surface area contributed by atoms with Gasteiger partial charge in [0.1, 0.15) is 5.78 Å². The molecule has 0 radical (unpaired) electrons. The summed E-state index contributed by atoms with van der Waals surface area (Å²) in [5.74, 6) is 3.25. The van der Waals surface area contributed by atoms with E-state index in [2.05, 4.69) is 34.6 Å². The minimum Gasteiger partial charge on any atom is -0.390 e. The Kier molecular flexibility index (Phi) is 5.22. The molecule has 5 aliphatic rings. The van der Waals surface area contributed by atoms with Crippen molar-refractivity contribution < 1.29 is 15.0 Å². The molecule has 2 spiro atoms. The third kappa shape index (κ3) is 2.96. The van der Waals surface area contributed by atoms with Gasteiger partial charge < -0.3 is 10.2 Å². The van der Waals surface area contributed by atoms with Crippen LogP contribution in [-0.2, 0) is 4.79 Å². The monoisotopic (exact) mass is 458 g/mol. The molecular formula is C30H50O3. The zero-order valence-corrected chi connectivity index (χ0v) is 22.5. The number of aliphatic hydroxyl groups is 2. The van der Waals surface area contributed by atoms with Crippen LogP contribution >= 0.6 is 0 Å². The smallest absolute Gasteiger partial charge is 0.138 e. The normalized spacial score (nSPS) is 50.0. The zero-order valence-electron chi connectivity index (χ0n) is 22.5. The van der Waals surface area contributed by atoms with Crippen molar-refractivity contribution >= 4 is 5.78 Å². The summed E-state index contributed by atoms with van der Waals surface area (Å²) < 4.78 is 0. The summed E-state index contributed by atoms with van der Waals surface area (Å²) in [5, 5.41) is 20.6. The molecule has 9 atom stereocenters. The number of carbonyl (C=O) groups is 1. The van der Waals surface area contributed by atoms with Crippen molar-refractivity contribution in [1.29, 1.82) is 0 Å². The first-order valence-electron chi connectivity index (χ1n) is 14.1. The molecule has 5 fully saturated rings. The average Bonchev–Trinajstić information content (AvgIpc) is 3.31. The number of fused-ring (bicyclic) bond motifs is 2. The fourth-order valence-electron chi connectivity index (χ4n) is 11.1.